The van der Waals surface area contributed by atoms with E-state index in [9.17, 15) is 4.79 Å². The molecular weight excluding hydrogens is 378 g/mol. The SMILES string of the molecule is CSCCC(=O)N(Cc1cccnc1)CC1CCN(Cc2ccccc2C)CC1. The van der Waals surface area contributed by atoms with Crippen LogP contribution in [-0.2, 0) is 17.9 Å². The molecule has 29 heavy (non-hydrogen) atoms. The highest BCUT2D eigenvalue weighted by Crippen LogP contribution is 2.22. The van der Waals surface area contributed by atoms with E-state index >= 15 is 0 Å². The van der Waals surface area contributed by atoms with Crippen LogP contribution in [0.2, 0.25) is 0 Å². The third-order valence-electron chi connectivity index (χ3n) is 5.81. The van der Waals surface area contributed by atoms with Crippen LogP contribution in [0.3, 0.4) is 0 Å². The van der Waals surface area contributed by atoms with Gasteiger partial charge < -0.3 is 4.90 Å². The van der Waals surface area contributed by atoms with Gasteiger partial charge in [-0.05, 0) is 67.8 Å². The molecule has 0 saturated carbocycles. The summed E-state index contributed by atoms with van der Waals surface area (Å²) >= 11 is 1.74. The molecule has 0 aliphatic carbocycles. The highest BCUT2D eigenvalue weighted by molar-refractivity contribution is 7.98. The summed E-state index contributed by atoms with van der Waals surface area (Å²) < 4.78 is 0. The summed E-state index contributed by atoms with van der Waals surface area (Å²) in [6.07, 6.45) is 8.65. The fourth-order valence-corrected chi connectivity index (χ4v) is 4.36. The maximum atomic E-state index is 12.8. The molecule has 1 aromatic heterocycles. The zero-order chi connectivity index (χ0) is 20.5. The van der Waals surface area contributed by atoms with Crippen LogP contribution in [-0.4, -0.2) is 52.3 Å². The number of nitrogens with zero attached hydrogens (tertiary/aromatic N) is 3. The molecule has 0 N–H and O–H groups in total. The van der Waals surface area contributed by atoms with Gasteiger partial charge >= 0.3 is 0 Å². The summed E-state index contributed by atoms with van der Waals surface area (Å²) in [7, 11) is 0. The van der Waals surface area contributed by atoms with E-state index in [-0.39, 0.29) is 5.91 Å². The van der Waals surface area contributed by atoms with E-state index in [4.69, 9.17) is 0 Å². The van der Waals surface area contributed by atoms with Gasteiger partial charge in [0, 0.05) is 44.2 Å². The summed E-state index contributed by atoms with van der Waals surface area (Å²) in [5.74, 6) is 1.74. The van der Waals surface area contributed by atoms with E-state index in [2.05, 4.69) is 58.3 Å². The number of aryl methyl sites for hydroxylation is 1. The summed E-state index contributed by atoms with van der Waals surface area (Å²) in [5.41, 5.74) is 3.91. The van der Waals surface area contributed by atoms with Crippen LogP contribution in [0.5, 0.6) is 0 Å². The standard InChI is InChI=1S/C24H33N3OS/c1-20-6-3-4-8-23(20)19-26-13-9-21(10-14-26)17-27(24(28)11-15-29-2)18-22-7-5-12-25-16-22/h3-8,12,16,21H,9-11,13-15,17-19H2,1-2H3. The predicted octanol–water partition coefficient (Wildman–Crippen LogP) is 4.38. The average molecular weight is 412 g/mol. The first-order valence-electron chi connectivity index (χ1n) is 10.6. The van der Waals surface area contributed by atoms with E-state index < -0.39 is 0 Å². The van der Waals surface area contributed by atoms with Gasteiger partial charge in [-0.25, -0.2) is 0 Å². The zero-order valence-corrected chi connectivity index (χ0v) is 18.5. The quantitative estimate of drug-likeness (QED) is 0.613. The molecule has 4 nitrogen and oxygen atoms in total. The monoisotopic (exact) mass is 411 g/mol. The lowest BCUT2D eigenvalue weighted by Gasteiger charge is -2.35. The van der Waals surface area contributed by atoms with Crippen molar-refractivity contribution in [1.82, 2.24) is 14.8 Å². The third-order valence-corrected chi connectivity index (χ3v) is 6.42. The van der Waals surface area contributed by atoms with Crippen molar-refractivity contribution >= 4 is 17.7 Å². The summed E-state index contributed by atoms with van der Waals surface area (Å²) in [5, 5.41) is 0. The van der Waals surface area contributed by atoms with Crippen molar-refractivity contribution in [3.63, 3.8) is 0 Å². The number of carbonyl (C=O) groups is 1. The molecule has 0 atom stereocenters. The smallest absolute Gasteiger partial charge is 0.223 e. The Morgan fingerprint density at radius 1 is 1.21 bits per heavy atom. The highest BCUT2D eigenvalue weighted by atomic mass is 32.2. The number of amides is 1. The van der Waals surface area contributed by atoms with Gasteiger partial charge in [0.2, 0.25) is 5.91 Å². The number of benzene rings is 1. The van der Waals surface area contributed by atoms with E-state index in [0.29, 0.717) is 18.9 Å². The second-order valence-electron chi connectivity index (χ2n) is 8.02. The lowest BCUT2D eigenvalue weighted by molar-refractivity contribution is -0.132. The number of hydrogen-bond donors (Lipinski definition) is 0. The van der Waals surface area contributed by atoms with Crippen LogP contribution in [0.4, 0.5) is 0 Å². The molecule has 1 aliphatic heterocycles. The number of carbonyl (C=O) groups excluding carboxylic acids is 1. The number of pyridine rings is 1. The Bertz CT molecular complexity index is 760. The fraction of sp³-hybridized carbons (Fsp3) is 0.500. The minimum Gasteiger partial charge on any atom is -0.338 e. The molecule has 1 amide bonds. The lowest BCUT2D eigenvalue weighted by atomic mass is 9.95. The van der Waals surface area contributed by atoms with E-state index in [1.807, 2.05) is 12.3 Å². The highest BCUT2D eigenvalue weighted by Gasteiger charge is 2.24. The van der Waals surface area contributed by atoms with Gasteiger partial charge in [0.05, 0.1) is 0 Å². The van der Waals surface area contributed by atoms with Gasteiger partial charge in [-0.15, -0.1) is 0 Å². The minimum absolute atomic E-state index is 0.269. The molecule has 0 spiro atoms. The van der Waals surface area contributed by atoms with Crippen molar-refractivity contribution in [2.75, 3.05) is 31.6 Å². The molecule has 2 heterocycles. The molecule has 1 aliphatic rings. The van der Waals surface area contributed by atoms with Crippen molar-refractivity contribution in [2.24, 2.45) is 5.92 Å². The number of aromatic nitrogens is 1. The topological polar surface area (TPSA) is 36.4 Å². The normalized spacial score (nSPS) is 15.4. The molecule has 2 aromatic rings. The Morgan fingerprint density at radius 2 is 2.00 bits per heavy atom. The Morgan fingerprint density at radius 3 is 2.69 bits per heavy atom. The first-order chi connectivity index (χ1) is 14.2. The van der Waals surface area contributed by atoms with Crippen molar-refractivity contribution in [2.45, 2.75) is 39.3 Å². The van der Waals surface area contributed by atoms with Gasteiger partial charge in [0.15, 0.2) is 0 Å². The van der Waals surface area contributed by atoms with E-state index in [1.54, 1.807) is 18.0 Å². The number of hydrogen-bond acceptors (Lipinski definition) is 4. The summed E-state index contributed by atoms with van der Waals surface area (Å²) in [4.78, 5) is 21.6. The van der Waals surface area contributed by atoms with Crippen LogP contribution in [0.25, 0.3) is 0 Å². The Balaban J connectivity index is 1.54. The second kappa shape index (κ2) is 11.4. The molecule has 0 radical (unpaired) electrons. The van der Waals surface area contributed by atoms with Crippen molar-refractivity contribution in [1.29, 1.82) is 0 Å². The Kier molecular flexibility index (Phi) is 8.56. The first kappa shape index (κ1) is 21.8. The summed E-state index contributed by atoms with van der Waals surface area (Å²) in [6.45, 7) is 6.98. The van der Waals surface area contributed by atoms with Crippen LogP contribution in [0.1, 0.15) is 36.0 Å². The maximum Gasteiger partial charge on any atom is 0.223 e. The molecule has 0 bridgehead atoms. The predicted molar refractivity (Wildman–Crippen MR) is 122 cm³/mol. The maximum absolute atomic E-state index is 12.8. The number of likely N-dealkylation sites (tertiary alicyclic amines) is 1. The van der Waals surface area contributed by atoms with Gasteiger partial charge in [0.25, 0.3) is 0 Å². The third kappa shape index (κ3) is 6.86. The zero-order valence-electron chi connectivity index (χ0n) is 17.7. The van der Waals surface area contributed by atoms with Crippen LogP contribution >= 0.6 is 11.8 Å². The van der Waals surface area contributed by atoms with Gasteiger partial charge in [-0.1, -0.05) is 30.3 Å². The molecule has 1 saturated heterocycles. The van der Waals surface area contributed by atoms with Gasteiger partial charge in [-0.3, -0.25) is 14.7 Å². The summed E-state index contributed by atoms with van der Waals surface area (Å²) in [6, 6.07) is 12.7. The van der Waals surface area contributed by atoms with Crippen molar-refractivity contribution in [3.05, 3.63) is 65.5 Å². The van der Waals surface area contributed by atoms with Crippen LogP contribution in [0, 0.1) is 12.8 Å². The molecule has 0 unspecified atom stereocenters. The van der Waals surface area contributed by atoms with Crippen LogP contribution < -0.4 is 0 Å². The lowest BCUT2D eigenvalue weighted by Crippen LogP contribution is -2.40. The fourth-order valence-electron chi connectivity index (χ4n) is 3.98. The number of thioether (sulfide) groups is 1. The van der Waals surface area contributed by atoms with Crippen LogP contribution in [0.15, 0.2) is 48.8 Å². The van der Waals surface area contributed by atoms with Crippen molar-refractivity contribution < 1.29 is 4.79 Å². The molecular formula is C24H33N3OS. The molecule has 156 valence electrons. The van der Waals surface area contributed by atoms with Gasteiger partial charge in [-0.2, -0.15) is 11.8 Å². The molecule has 1 fully saturated rings. The van der Waals surface area contributed by atoms with Gasteiger partial charge in [0.1, 0.15) is 0 Å². The minimum atomic E-state index is 0.269. The van der Waals surface area contributed by atoms with E-state index in [0.717, 1.165) is 50.3 Å². The number of rotatable bonds is 9. The average Bonchev–Trinajstić information content (AvgIpc) is 2.75. The second-order valence-corrected chi connectivity index (χ2v) is 9.01. The largest absolute Gasteiger partial charge is 0.338 e. The number of piperidine rings is 1. The molecule has 5 heteroatoms. The Hall–Kier alpha value is -1.85. The van der Waals surface area contributed by atoms with E-state index in [1.165, 1.54) is 11.1 Å². The first-order valence-corrected chi connectivity index (χ1v) is 12.0. The molecule has 3 rings (SSSR count). The Labute approximate surface area is 179 Å². The van der Waals surface area contributed by atoms with Crippen molar-refractivity contribution in [3.8, 4) is 0 Å². The molecule has 1 aromatic carbocycles.